The van der Waals surface area contributed by atoms with Gasteiger partial charge >= 0.3 is 0 Å². The van der Waals surface area contributed by atoms with Gasteiger partial charge in [-0.05, 0) is 95.1 Å². The molecule has 0 spiro atoms. The molecule has 1 saturated carbocycles. The molecule has 2 aliphatic heterocycles. The third kappa shape index (κ3) is 10.5. The van der Waals surface area contributed by atoms with Crippen molar-refractivity contribution in [2.24, 2.45) is 11.7 Å². The fourth-order valence-corrected chi connectivity index (χ4v) is 7.15. The molecule has 2 saturated heterocycles. The topological polar surface area (TPSA) is 92.7 Å². The van der Waals surface area contributed by atoms with Crippen LogP contribution in [0, 0.1) is 5.92 Å². The number of nitrogens with two attached hydrogens (primary N) is 1. The van der Waals surface area contributed by atoms with Crippen LogP contribution in [0.2, 0.25) is 0 Å². The molecule has 1 atom stereocenters. The highest BCUT2D eigenvalue weighted by molar-refractivity contribution is 6.31. The molecule has 3 heterocycles. The number of oxazole rings is 1. The molecule has 3 aromatic rings. The summed E-state index contributed by atoms with van der Waals surface area (Å²) in [5, 5.41) is -0.163. The van der Waals surface area contributed by atoms with Crippen molar-refractivity contribution < 1.29 is 14.0 Å². The average Bonchev–Trinajstić information content (AvgIpc) is 3.53. The van der Waals surface area contributed by atoms with Crippen molar-refractivity contribution >= 4 is 23.3 Å². The molecule has 46 heavy (non-hydrogen) atoms. The molecule has 3 fully saturated rings. The Morgan fingerprint density at radius 3 is 1.80 bits per heavy atom. The molecule has 1 amide bonds. The van der Waals surface area contributed by atoms with Gasteiger partial charge in [0, 0.05) is 37.8 Å². The van der Waals surface area contributed by atoms with Crippen molar-refractivity contribution in [3.05, 3.63) is 89.1 Å². The fraction of sp³-hybridized carbons (Fsp3) is 0.553. The number of primary amides is 1. The van der Waals surface area contributed by atoms with Gasteiger partial charge in [0.05, 0.1) is 11.1 Å². The quantitative estimate of drug-likeness (QED) is 0.289. The van der Waals surface area contributed by atoms with Crippen LogP contribution >= 0.6 is 11.6 Å². The number of nitrogens with zero attached hydrogens (tertiary/aromatic N) is 3. The lowest BCUT2D eigenvalue weighted by Gasteiger charge is -2.30. The number of hydrogen-bond acceptors (Lipinski definition) is 6. The number of rotatable bonds is 6. The molecule has 7 nitrogen and oxygen atoms in total. The van der Waals surface area contributed by atoms with Crippen LogP contribution in [0.5, 0.6) is 0 Å². The van der Waals surface area contributed by atoms with E-state index in [1.807, 2.05) is 6.07 Å². The largest absolute Gasteiger partial charge is 0.445 e. The summed E-state index contributed by atoms with van der Waals surface area (Å²) in [4.78, 5) is 31.4. The van der Waals surface area contributed by atoms with E-state index in [-0.39, 0.29) is 23.0 Å². The summed E-state index contributed by atoms with van der Waals surface area (Å²) in [5.74, 6) is 2.90. The molecular formula is C38H51ClN4O3. The van der Waals surface area contributed by atoms with Gasteiger partial charge in [-0.1, -0.05) is 67.1 Å². The van der Waals surface area contributed by atoms with Crippen LogP contribution < -0.4 is 5.73 Å². The van der Waals surface area contributed by atoms with Crippen molar-refractivity contribution in [1.82, 2.24) is 14.8 Å². The number of carbonyl (C=O) groups is 2. The Balaban J connectivity index is 0.000000152. The molecule has 0 bridgehead atoms. The van der Waals surface area contributed by atoms with Crippen molar-refractivity contribution in [2.45, 2.75) is 101 Å². The lowest BCUT2D eigenvalue weighted by molar-refractivity contribution is -0.123. The van der Waals surface area contributed by atoms with Crippen LogP contribution in [0.3, 0.4) is 0 Å². The van der Waals surface area contributed by atoms with Gasteiger partial charge < -0.3 is 10.2 Å². The van der Waals surface area contributed by atoms with Gasteiger partial charge in [0.15, 0.2) is 11.7 Å². The van der Waals surface area contributed by atoms with Crippen LogP contribution in [0.25, 0.3) is 0 Å². The zero-order chi connectivity index (χ0) is 32.1. The minimum atomic E-state index is -0.163. The van der Waals surface area contributed by atoms with Gasteiger partial charge in [-0.3, -0.25) is 19.4 Å². The normalized spacial score (nSPS) is 21.3. The summed E-state index contributed by atoms with van der Waals surface area (Å²) in [6.07, 6.45) is 12.7. The molecule has 8 heteroatoms. The number of Topliss-reactive ketones (excluding diaryl/α,β-unsaturated/α-hetero) is 1. The third-order valence-electron chi connectivity index (χ3n) is 9.77. The predicted molar refractivity (Wildman–Crippen MR) is 184 cm³/mol. The Labute approximate surface area is 279 Å². The molecular weight excluding hydrogens is 596 g/mol. The number of halogens is 1. The first-order valence-corrected chi connectivity index (χ1v) is 17.9. The second-order valence-corrected chi connectivity index (χ2v) is 13.8. The van der Waals surface area contributed by atoms with Crippen LogP contribution in [0.15, 0.2) is 65.1 Å². The summed E-state index contributed by atoms with van der Waals surface area (Å²) in [7, 11) is 0. The van der Waals surface area contributed by atoms with Crippen molar-refractivity contribution in [2.75, 3.05) is 26.2 Å². The van der Waals surface area contributed by atoms with Crippen molar-refractivity contribution in [3.63, 3.8) is 0 Å². The lowest BCUT2D eigenvalue weighted by atomic mass is 9.96. The summed E-state index contributed by atoms with van der Waals surface area (Å²) in [6.45, 7) is 6.28. The smallest absolute Gasteiger partial charge is 0.220 e. The predicted octanol–water partition coefficient (Wildman–Crippen LogP) is 7.05. The number of likely N-dealkylation sites (tertiary alicyclic amines) is 2. The van der Waals surface area contributed by atoms with Gasteiger partial charge in [-0.15, -0.1) is 11.6 Å². The Hall–Kier alpha value is -3.00. The highest BCUT2D eigenvalue weighted by atomic mass is 35.5. The first-order chi connectivity index (χ1) is 22.4. The zero-order valence-electron chi connectivity index (χ0n) is 27.3. The SMILES string of the molecule is NC(=O)C1CCN(Cc2ccccc2)CC1.O=C1CCCCC1Cl.c1ccc(CN2CCC(c3nc4c(o3)CCCC4)CC2)cc1. The van der Waals surface area contributed by atoms with E-state index in [0.717, 1.165) is 90.1 Å². The maximum absolute atomic E-state index is 11.0. The number of fused-ring (bicyclic) bond motifs is 1. The highest BCUT2D eigenvalue weighted by Gasteiger charge is 2.27. The molecule has 1 unspecified atom stereocenters. The number of aryl methyl sites for hydroxylation is 2. The number of ketones is 1. The Morgan fingerprint density at radius 2 is 1.30 bits per heavy atom. The first kappa shape index (κ1) is 34.3. The fourth-order valence-electron chi connectivity index (χ4n) is 6.88. The molecule has 2 aromatic carbocycles. The van der Waals surface area contributed by atoms with Crippen LogP contribution in [-0.4, -0.2) is 58.0 Å². The van der Waals surface area contributed by atoms with Gasteiger partial charge in [0.2, 0.25) is 5.91 Å². The summed E-state index contributed by atoms with van der Waals surface area (Å²) in [6, 6.07) is 21.2. The highest BCUT2D eigenvalue weighted by Crippen LogP contribution is 2.32. The maximum atomic E-state index is 11.0. The van der Waals surface area contributed by atoms with Gasteiger partial charge in [0.25, 0.3) is 0 Å². The Bertz CT molecular complexity index is 1330. The molecule has 7 rings (SSSR count). The second-order valence-electron chi connectivity index (χ2n) is 13.3. The van der Waals surface area contributed by atoms with Crippen molar-refractivity contribution in [3.8, 4) is 0 Å². The molecule has 2 aliphatic carbocycles. The van der Waals surface area contributed by atoms with E-state index in [1.54, 1.807) is 0 Å². The summed E-state index contributed by atoms with van der Waals surface area (Å²) >= 11 is 5.62. The average molecular weight is 647 g/mol. The van der Waals surface area contributed by atoms with Crippen molar-refractivity contribution in [1.29, 1.82) is 0 Å². The maximum Gasteiger partial charge on any atom is 0.220 e. The molecule has 4 aliphatic rings. The number of piperidine rings is 2. The number of aromatic nitrogens is 1. The van der Waals surface area contributed by atoms with Gasteiger partial charge in [-0.25, -0.2) is 4.98 Å². The third-order valence-corrected chi connectivity index (χ3v) is 10.2. The molecule has 2 N–H and O–H groups in total. The van der Waals surface area contributed by atoms with Gasteiger partial charge in [0.1, 0.15) is 5.76 Å². The molecule has 248 valence electrons. The standard InChI is InChI=1S/C19H24N2O.C13H18N2O.C6H9ClO/c1-2-6-15(7-3-1)14-21-12-10-16(11-13-21)19-20-17-8-4-5-9-18(17)22-19;14-13(16)12-6-8-15(9-7-12)10-11-4-2-1-3-5-11;7-5-3-1-2-4-6(5)8/h1-3,6-7,16H,4-5,8-14H2;1-5,12H,6-10H2,(H2,14,16);5H,1-4H2. The van der Waals surface area contributed by atoms with Crippen LogP contribution in [0.4, 0.5) is 0 Å². The molecule has 1 aromatic heterocycles. The van der Waals surface area contributed by atoms with E-state index in [9.17, 15) is 9.59 Å². The summed E-state index contributed by atoms with van der Waals surface area (Å²) < 4.78 is 6.07. The monoisotopic (exact) mass is 646 g/mol. The zero-order valence-corrected chi connectivity index (χ0v) is 28.0. The number of benzene rings is 2. The number of carbonyl (C=O) groups excluding carboxylic acids is 2. The number of alkyl halides is 1. The first-order valence-electron chi connectivity index (χ1n) is 17.4. The van der Waals surface area contributed by atoms with E-state index < -0.39 is 0 Å². The lowest BCUT2D eigenvalue weighted by Crippen LogP contribution is -2.38. The summed E-state index contributed by atoms with van der Waals surface area (Å²) in [5.41, 5.74) is 9.29. The van der Waals surface area contributed by atoms with E-state index in [4.69, 9.17) is 26.7 Å². The number of amides is 1. The minimum absolute atomic E-state index is 0.0898. The van der Waals surface area contributed by atoms with E-state index >= 15 is 0 Å². The van der Waals surface area contributed by atoms with Gasteiger partial charge in [-0.2, -0.15) is 0 Å². The second kappa shape index (κ2) is 17.8. The van der Waals surface area contributed by atoms with Crippen LogP contribution in [-0.2, 0) is 35.5 Å². The van der Waals surface area contributed by atoms with E-state index in [2.05, 4.69) is 64.4 Å². The number of hydrogen-bond donors (Lipinski definition) is 1. The van der Waals surface area contributed by atoms with Crippen LogP contribution in [0.1, 0.15) is 98.6 Å². The Morgan fingerprint density at radius 1 is 0.761 bits per heavy atom. The molecule has 0 radical (unpaired) electrons. The van der Waals surface area contributed by atoms with E-state index in [1.165, 1.54) is 48.3 Å². The van der Waals surface area contributed by atoms with E-state index in [0.29, 0.717) is 12.3 Å². The minimum Gasteiger partial charge on any atom is -0.445 e. The Kier molecular flexibility index (Phi) is 13.3.